The molecule has 1 atom stereocenters. The number of hydrogen-bond donors (Lipinski definition) is 0. The first-order valence-corrected chi connectivity index (χ1v) is 7.10. The average Bonchev–Trinajstić information content (AvgIpc) is 2.61. The lowest BCUT2D eigenvalue weighted by Crippen LogP contribution is -2.11. The molecule has 5 heteroatoms. The lowest BCUT2D eigenvalue weighted by atomic mass is 10.1. The summed E-state index contributed by atoms with van der Waals surface area (Å²) in [6.07, 6.45) is 1.23. The Bertz CT molecular complexity index is 915. The maximum Gasteiger partial charge on any atom is 0.357 e. The number of aromatic nitrogens is 2. The Balaban J connectivity index is 1.80. The van der Waals surface area contributed by atoms with Gasteiger partial charge in [0.2, 0.25) is 0 Å². The minimum Gasteiger partial charge on any atom is -0.453 e. The van der Waals surface area contributed by atoms with Crippen LogP contribution in [0.25, 0.3) is 10.9 Å². The second kappa shape index (κ2) is 6.24. The van der Waals surface area contributed by atoms with Crippen molar-refractivity contribution < 1.29 is 9.53 Å². The summed E-state index contributed by atoms with van der Waals surface area (Å²) in [6, 6.07) is 16.2. The zero-order valence-electron chi connectivity index (χ0n) is 12.4. The molecule has 0 bridgehead atoms. The van der Waals surface area contributed by atoms with Gasteiger partial charge in [0.1, 0.15) is 23.6 Å². The molecule has 0 radical (unpaired) electrons. The van der Waals surface area contributed by atoms with Crippen molar-refractivity contribution in [1.82, 2.24) is 9.97 Å². The predicted octanol–water partition coefficient (Wildman–Crippen LogP) is 3.42. The number of nitrogens with zero attached hydrogens (tertiary/aromatic N) is 3. The van der Waals surface area contributed by atoms with Crippen LogP contribution in [0.1, 0.15) is 34.8 Å². The zero-order chi connectivity index (χ0) is 16.2. The topological polar surface area (TPSA) is 75.9 Å². The summed E-state index contributed by atoms with van der Waals surface area (Å²) in [7, 11) is 0. The van der Waals surface area contributed by atoms with Crippen LogP contribution in [0.2, 0.25) is 0 Å². The fourth-order valence-electron chi connectivity index (χ4n) is 2.21. The number of fused-ring (bicyclic) bond motifs is 1. The van der Waals surface area contributed by atoms with Crippen LogP contribution in [-0.2, 0) is 4.74 Å². The van der Waals surface area contributed by atoms with Crippen LogP contribution in [0.4, 0.5) is 0 Å². The number of benzene rings is 1. The Morgan fingerprint density at radius 3 is 2.87 bits per heavy atom. The highest BCUT2D eigenvalue weighted by Gasteiger charge is 2.16. The summed E-state index contributed by atoms with van der Waals surface area (Å²) < 4.78 is 5.42. The molecular formula is C18H13N3O2. The maximum atomic E-state index is 12.1. The van der Waals surface area contributed by atoms with Gasteiger partial charge >= 0.3 is 5.97 Å². The largest absolute Gasteiger partial charge is 0.453 e. The molecule has 0 spiro atoms. The van der Waals surface area contributed by atoms with Gasteiger partial charge in [0.15, 0.2) is 0 Å². The van der Waals surface area contributed by atoms with E-state index in [9.17, 15) is 4.79 Å². The highest BCUT2D eigenvalue weighted by atomic mass is 16.5. The molecular weight excluding hydrogens is 290 g/mol. The second-order valence-corrected chi connectivity index (χ2v) is 5.03. The van der Waals surface area contributed by atoms with Crippen LogP contribution in [0.3, 0.4) is 0 Å². The van der Waals surface area contributed by atoms with Gasteiger partial charge in [-0.1, -0.05) is 24.3 Å². The van der Waals surface area contributed by atoms with Gasteiger partial charge in [-0.25, -0.2) is 9.78 Å². The van der Waals surface area contributed by atoms with E-state index >= 15 is 0 Å². The van der Waals surface area contributed by atoms with E-state index in [4.69, 9.17) is 10.00 Å². The van der Waals surface area contributed by atoms with Crippen molar-refractivity contribution >= 4 is 16.9 Å². The summed E-state index contributed by atoms with van der Waals surface area (Å²) >= 11 is 0. The Morgan fingerprint density at radius 2 is 2.04 bits per heavy atom. The van der Waals surface area contributed by atoms with Gasteiger partial charge in [0.05, 0.1) is 5.52 Å². The summed E-state index contributed by atoms with van der Waals surface area (Å²) in [5, 5.41) is 9.82. The molecule has 1 aromatic carbocycles. The van der Waals surface area contributed by atoms with Gasteiger partial charge in [0.25, 0.3) is 0 Å². The normalized spacial score (nSPS) is 11.7. The molecule has 5 nitrogen and oxygen atoms in total. The quantitative estimate of drug-likeness (QED) is 0.693. The number of pyridine rings is 2. The molecule has 112 valence electrons. The molecule has 0 saturated heterocycles. The van der Waals surface area contributed by atoms with E-state index in [0.29, 0.717) is 0 Å². The van der Waals surface area contributed by atoms with Gasteiger partial charge in [-0.3, -0.25) is 4.98 Å². The standard InChI is InChI=1S/C18H13N3O2/c1-12(14-9-13-5-2-3-7-16(13)20-11-14)23-18(22)17-8-4-6-15(10-19)21-17/h2-9,11-12H,1H3. The first kappa shape index (κ1) is 14.7. The monoisotopic (exact) mass is 303 g/mol. The molecule has 1 unspecified atom stereocenters. The predicted molar refractivity (Wildman–Crippen MR) is 84.5 cm³/mol. The van der Waals surface area contributed by atoms with E-state index in [1.807, 2.05) is 36.4 Å². The Kier molecular flexibility index (Phi) is 3.98. The minimum atomic E-state index is -0.567. The van der Waals surface area contributed by atoms with E-state index in [0.717, 1.165) is 16.5 Å². The molecule has 0 amide bonds. The van der Waals surface area contributed by atoms with Crippen molar-refractivity contribution in [2.24, 2.45) is 0 Å². The number of hydrogen-bond acceptors (Lipinski definition) is 5. The fourth-order valence-corrected chi connectivity index (χ4v) is 2.21. The fraction of sp³-hybridized carbons (Fsp3) is 0.111. The van der Waals surface area contributed by atoms with Crippen LogP contribution in [0.15, 0.2) is 54.7 Å². The van der Waals surface area contributed by atoms with Gasteiger partial charge in [-0.2, -0.15) is 5.26 Å². The summed E-state index contributed by atoms with van der Waals surface area (Å²) in [5.41, 5.74) is 1.98. The third kappa shape index (κ3) is 3.16. The third-order valence-corrected chi connectivity index (χ3v) is 3.44. The van der Waals surface area contributed by atoms with Crippen molar-refractivity contribution in [3.05, 3.63) is 71.7 Å². The van der Waals surface area contributed by atoms with E-state index in [1.165, 1.54) is 12.1 Å². The smallest absolute Gasteiger partial charge is 0.357 e. The molecule has 2 heterocycles. The van der Waals surface area contributed by atoms with Crippen LogP contribution in [-0.4, -0.2) is 15.9 Å². The highest BCUT2D eigenvalue weighted by molar-refractivity contribution is 5.87. The van der Waals surface area contributed by atoms with E-state index in [-0.39, 0.29) is 11.4 Å². The first-order chi connectivity index (χ1) is 11.2. The van der Waals surface area contributed by atoms with Gasteiger partial charge in [-0.15, -0.1) is 0 Å². The number of carbonyl (C=O) groups excluding carboxylic acids is 1. The first-order valence-electron chi connectivity index (χ1n) is 7.10. The molecule has 23 heavy (non-hydrogen) atoms. The lowest BCUT2D eigenvalue weighted by molar-refractivity contribution is 0.0330. The molecule has 0 saturated carbocycles. The molecule has 0 N–H and O–H groups in total. The van der Waals surface area contributed by atoms with Crippen molar-refractivity contribution in [2.75, 3.05) is 0 Å². The zero-order valence-corrected chi connectivity index (χ0v) is 12.4. The van der Waals surface area contributed by atoms with Gasteiger partial charge in [0, 0.05) is 17.1 Å². The molecule has 0 aliphatic heterocycles. The average molecular weight is 303 g/mol. The van der Waals surface area contributed by atoms with Crippen molar-refractivity contribution in [1.29, 1.82) is 5.26 Å². The van der Waals surface area contributed by atoms with Crippen LogP contribution in [0.5, 0.6) is 0 Å². The van der Waals surface area contributed by atoms with Gasteiger partial charge < -0.3 is 4.74 Å². The maximum absolute atomic E-state index is 12.1. The van der Waals surface area contributed by atoms with Crippen molar-refractivity contribution in [2.45, 2.75) is 13.0 Å². The number of rotatable bonds is 3. The molecule has 0 aliphatic rings. The van der Waals surface area contributed by atoms with Crippen LogP contribution in [0, 0.1) is 11.3 Å². The summed E-state index contributed by atoms with van der Waals surface area (Å²) in [4.78, 5) is 20.4. The summed E-state index contributed by atoms with van der Waals surface area (Å²) in [5.74, 6) is -0.567. The van der Waals surface area contributed by atoms with E-state index in [1.54, 1.807) is 19.2 Å². The number of para-hydroxylation sites is 1. The molecule has 0 fully saturated rings. The van der Waals surface area contributed by atoms with Crippen LogP contribution < -0.4 is 0 Å². The third-order valence-electron chi connectivity index (χ3n) is 3.44. The SMILES string of the molecule is CC(OC(=O)c1cccc(C#N)n1)c1cnc2ccccc2c1. The Hall–Kier alpha value is -3.26. The molecule has 2 aromatic heterocycles. The Morgan fingerprint density at radius 1 is 1.22 bits per heavy atom. The van der Waals surface area contributed by atoms with Gasteiger partial charge in [-0.05, 0) is 31.2 Å². The minimum absolute atomic E-state index is 0.115. The molecule has 0 aliphatic carbocycles. The molecule has 3 aromatic rings. The Labute approximate surface area is 133 Å². The van der Waals surface area contributed by atoms with Crippen molar-refractivity contribution in [3.8, 4) is 6.07 Å². The highest BCUT2D eigenvalue weighted by Crippen LogP contribution is 2.21. The molecule has 3 rings (SSSR count). The number of nitriles is 1. The van der Waals surface area contributed by atoms with Crippen LogP contribution >= 0.6 is 0 Å². The second-order valence-electron chi connectivity index (χ2n) is 5.03. The van der Waals surface area contributed by atoms with E-state index in [2.05, 4.69) is 9.97 Å². The summed E-state index contributed by atoms with van der Waals surface area (Å²) in [6.45, 7) is 1.78. The van der Waals surface area contributed by atoms with Crippen molar-refractivity contribution in [3.63, 3.8) is 0 Å². The lowest BCUT2D eigenvalue weighted by Gasteiger charge is -2.13. The van der Waals surface area contributed by atoms with E-state index < -0.39 is 12.1 Å². The number of esters is 1. The number of ether oxygens (including phenoxy) is 1. The number of carbonyl (C=O) groups is 1.